The summed E-state index contributed by atoms with van der Waals surface area (Å²) >= 11 is 3.81. The fraction of sp³-hybridized carbons (Fsp3) is 0.636. The number of thioether (sulfide) groups is 1. The third-order valence-corrected chi connectivity index (χ3v) is 4.07. The van der Waals surface area contributed by atoms with E-state index in [1.807, 2.05) is 11.8 Å². The highest BCUT2D eigenvalue weighted by molar-refractivity contribution is 7.99. The summed E-state index contributed by atoms with van der Waals surface area (Å²) in [7, 11) is 2.06. The second kappa shape index (κ2) is 7.32. The van der Waals surface area contributed by atoms with Crippen LogP contribution in [0.4, 0.5) is 0 Å². The summed E-state index contributed by atoms with van der Waals surface area (Å²) < 4.78 is 0. The molecular weight excluding hydrogens is 210 g/mol. The molecule has 0 spiro atoms. The number of nitrogens with one attached hydrogen (secondary N) is 1. The molecule has 1 atom stereocenters. The van der Waals surface area contributed by atoms with Crippen molar-refractivity contribution in [3.63, 3.8) is 0 Å². The van der Waals surface area contributed by atoms with Crippen LogP contribution in [-0.2, 0) is 6.42 Å². The Morgan fingerprint density at radius 2 is 2.43 bits per heavy atom. The van der Waals surface area contributed by atoms with Crippen molar-refractivity contribution in [3.05, 3.63) is 22.4 Å². The lowest BCUT2D eigenvalue weighted by atomic mass is 10.1. The van der Waals surface area contributed by atoms with E-state index >= 15 is 0 Å². The van der Waals surface area contributed by atoms with Gasteiger partial charge in [-0.1, -0.05) is 6.92 Å². The lowest BCUT2D eigenvalue weighted by Gasteiger charge is -2.14. The van der Waals surface area contributed by atoms with Crippen molar-refractivity contribution in [2.75, 3.05) is 18.6 Å². The smallest absolute Gasteiger partial charge is 0.0158 e. The Bertz CT molecular complexity index is 221. The topological polar surface area (TPSA) is 12.0 Å². The van der Waals surface area contributed by atoms with E-state index in [2.05, 4.69) is 36.1 Å². The molecule has 1 nitrogen and oxygen atoms in total. The van der Waals surface area contributed by atoms with Crippen LogP contribution < -0.4 is 5.32 Å². The van der Waals surface area contributed by atoms with Gasteiger partial charge in [-0.05, 0) is 48.0 Å². The van der Waals surface area contributed by atoms with E-state index in [4.69, 9.17) is 0 Å². The zero-order valence-electron chi connectivity index (χ0n) is 8.95. The van der Waals surface area contributed by atoms with E-state index in [1.54, 1.807) is 11.3 Å². The fourth-order valence-electron chi connectivity index (χ4n) is 1.35. The molecule has 0 aliphatic heterocycles. The largest absolute Gasteiger partial charge is 0.316 e. The maximum Gasteiger partial charge on any atom is 0.0158 e. The van der Waals surface area contributed by atoms with Crippen molar-refractivity contribution in [2.45, 2.75) is 25.8 Å². The van der Waals surface area contributed by atoms with E-state index in [1.165, 1.54) is 29.9 Å². The molecular formula is C11H19NS2. The summed E-state index contributed by atoms with van der Waals surface area (Å²) in [4.78, 5) is 0. The minimum atomic E-state index is 0.667. The number of hydrogen-bond donors (Lipinski definition) is 1. The van der Waals surface area contributed by atoms with E-state index in [9.17, 15) is 0 Å². The van der Waals surface area contributed by atoms with E-state index in [0.29, 0.717) is 6.04 Å². The van der Waals surface area contributed by atoms with Crippen molar-refractivity contribution < 1.29 is 0 Å². The number of rotatable bonds is 7. The van der Waals surface area contributed by atoms with Crippen LogP contribution in [0, 0.1) is 0 Å². The Hall–Kier alpha value is 0.01000. The van der Waals surface area contributed by atoms with Crippen LogP contribution in [0.1, 0.15) is 18.9 Å². The Balaban J connectivity index is 2.20. The summed E-state index contributed by atoms with van der Waals surface area (Å²) in [5.74, 6) is 2.45. The Morgan fingerprint density at radius 1 is 1.57 bits per heavy atom. The van der Waals surface area contributed by atoms with Crippen LogP contribution in [0.2, 0.25) is 0 Å². The molecule has 0 aliphatic rings. The lowest BCUT2D eigenvalue weighted by molar-refractivity contribution is 0.573. The highest BCUT2D eigenvalue weighted by atomic mass is 32.2. The van der Waals surface area contributed by atoms with E-state index in [0.717, 1.165) is 0 Å². The Morgan fingerprint density at radius 3 is 3.00 bits per heavy atom. The molecule has 0 amide bonds. The molecule has 80 valence electrons. The molecule has 1 aromatic rings. The van der Waals surface area contributed by atoms with Crippen LogP contribution in [0.5, 0.6) is 0 Å². The van der Waals surface area contributed by atoms with Gasteiger partial charge in [0.2, 0.25) is 0 Å². The second-order valence-corrected chi connectivity index (χ2v) is 5.41. The molecule has 1 N–H and O–H groups in total. The van der Waals surface area contributed by atoms with Crippen LogP contribution in [0.25, 0.3) is 0 Å². The highest BCUT2D eigenvalue weighted by Crippen LogP contribution is 2.12. The SMILES string of the molecule is CCSCC(CCc1ccsc1)NC. The zero-order chi connectivity index (χ0) is 10.2. The van der Waals surface area contributed by atoms with Gasteiger partial charge >= 0.3 is 0 Å². The third-order valence-electron chi connectivity index (χ3n) is 2.29. The van der Waals surface area contributed by atoms with Gasteiger partial charge in [-0.3, -0.25) is 0 Å². The molecule has 1 heterocycles. The van der Waals surface area contributed by atoms with Gasteiger partial charge < -0.3 is 5.32 Å². The average Bonchev–Trinajstić information content (AvgIpc) is 2.71. The first-order chi connectivity index (χ1) is 6.86. The Labute approximate surface area is 95.3 Å². The Kier molecular flexibility index (Phi) is 6.32. The molecule has 0 saturated carbocycles. The van der Waals surface area contributed by atoms with Gasteiger partial charge in [0, 0.05) is 11.8 Å². The molecule has 3 heteroatoms. The third kappa shape index (κ3) is 4.49. The maximum absolute atomic E-state index is 3.38. The molecule has 0 fully saturated rings. The first-order valence-electron chi connectivity index (χ1n) is 5.13. The van der Waals surface area contributed by atoms with Crippen LogP contribution in [-0.4, -0.2) is 24.6 Å². The van der Waals surface area contributed by atoms with Gasteiger partial charge in [0.05, 0.1) is 0 Å². The fourth-order valence-corrected chi connectivity index (χ4v) is 2.90. The van der Waals surface area contributed by atoms with E-state index in [-0.39, 0.29) is 0 Å². The van der Waals surface area contributed by atoms with Gasteiger partial charge in [0.1, 0.15) is 0 Å². The normalized spacial score (nSPS) is 13.0. The van der Waals surface area contributed by atoms with Gasteiger partial charge in [0.15, 0.2) is 0 Å². The number of aryl methyl sites for hydroxylation is 1. The number of hydrogen-bond acceptors (Lipinski definition) is 3. The predicted molar refractivity (Wildman–Crippen MR) is 68.5 cm³/mol. The molecule has 14 heavy (non-hydrogen) atoms. The molecule has 0 aromatic carbocycles. The minimum Gasteiger partial charge on any atom is -0.316 e. The van der Waals surface area contributed by atoms with Gasteiger partial charge in [-0.15, -0.1) is 0 Å². The molecule has 0 bridgehead atoms. The highest BCUT2D eigenvalue weighted by Gasteiger charge is 2.05. The summed E-state index contributed by atoms with van der Waals surface area (Å²) in [6.07, 6.45) is 2.46. The molecule has 0 aliphatic carbocycles. The maximum atomic E-state index is 3.38. The summed E-state index contributed by atoms with van der Waals surface area (Å²) in [5, 5.41) is 7.79. The molecule has 0 radical (unpaired) electrons. The predicted octanol–water partition coefficient (Wildman–Crippen LogP) is 3.02. The summed E-state index contributed by atoms with van der Waals surface area (Å²) in [6.45, 7) is 2.22. The monoisotopic (exact) mass is 229 g/mol. The standard InChI is InChI=1S/C11H19NS2/c1-3-13-9-11(12-2)5-4-10-6-7-14-8-10/h6-8,11-12H,3-5,9H2,1-2H3. The molecule has 1 rings (SSSR count). The van der Waals surface area contributed by atoms with Crippen molar-refractivity contribution in [1.29, 1.82) is 0 Å². The van der Waals surface area contributed by atoms with Crippen LogP contribution >= 0.6 is 23.1 Å². The van der Waals surface area contributed by atoms with Crippen LogP contribution in [0.3, 0.4) is 0 Å². The first kappa shape index (κ1) is 12.1. The van der Waals surface area contributed by atoms with Crippen molar-refractivity contribution in [1.82, 2.24) is 5.32 Å². The first-order valence-corrected chi connectivity index (χ1v) is 7.22. The van der Waals surface area contributed by atoms with Gasteiger partial charge in [-0.2, -0.15) is 23.1 Å². The van der Waals surface area contributed by atoms with Crippen molar-refractivity contribution in [2.24, 2.45) is 0 Å². The van der Waals surface area contributed by atoms with Crippen LogP contribution in [0.15, 0.2) is 16.8 Å². The van der Waals surface area contributed by atoms with Crippen molar-refractivity contribution in [3.8, 4) is 0 Å². The number of thiophene rings is 1. The van der Waals surface area contributed by atoms with Gasteiger partial charge in [0.25, 0.3) is 0 Å². The molecule has 1 aromatic heterocycles. The summed E-state index contributed by atoms with van der Waals surface area (Å²) in [6, 6.07) is 2.89. The lowest BCUT2D eigenvalue weighted by Crippen LogP contribution is -2.28. The second-order valence-electron chi connectivity index (χ2n) is 3.32. The zero-order valence-corrected chi connectivity index (χ0v) is 10.6. The minimum absolute atomic E-state index is 0.667. The van der Waals surface area contributed by atoms with Crippen molar-refractivity contribution >= 4 is 23.1 Å². The van der Waals surface area contributed by atoms with E-state index < -0.39 is 0 Å². The molecule has 1 unspecified atom stereocenters. The quantitative estimate of drug-likeness (QED) is 0.771. The van der Waals surface area contributed by atoms with Gasteiger partial charge in [-0.25, -0.2) is 0 Å². The average molecular weight is 229 g/mol. The molecule has 0 saturated heterocycles. The summed E-state index contributed by atoms with van der Waals surface area (Å²) in [5.41, 5.74) is 1.48.